The Bertz CT molecular complexity index is 1940. The molecule has 0 spiro atoms. The summed E-state index contributed by atoms with van der Waals surface area (Å²) in [7, 11) is -0.729. The summed E-state index contributed by atoms with van der Waals surface area (Å²) in [6.07, 6.45) is 1.39. The zero-order valence-corrected chi connectivity index (χ0v) is 23.4. The lowest BCUT2D eigenvalue weighted by Crippen LogP contribution is -2.52. The maximum atomic E-state index is 15.3. The topological polar surface area (TPSA) is 27.7 Å². The summed E-state index contributed by atoms with van der Waals surface area (Å²) in [6.45, 7) is 4.05. The number of nitriles is 1. The molecule has 5 aromatic rings. The monoisotopic (exact) mass is 528 g/mol. The van der Waals surface area contributed by atoms with Gasteiger partial charge in [-0.15, -0.1) is 0 Å². The Morgan fingerprint density at radius 2 is 1.46 bits per heavy atom. The number of hydrogen-bond donors (Lipinski definition) is 0. The molecule has 0 N–H and O–H groups in total. The van der Waals surface area contributed by atoms with E-state index in [1.165, 1.54) is 22.6 Å². The largest absolute Gasteiger partial charge is 0.215 e. The van der Waals surface area contributed by atoms with Crippen molar-refractivity contribution >= 4 is 18.4 Å². The van der Waals surface area contributed by atoms with E-state index >= 15 is 4.39 Å². The van der Waals surface area contributed by atoms with Crippen LogP contribution in [0.2, 0.25) is 13.1 Å². The first-order valence-electron chi connectivity index (χ1n) is 14.5. The van der Waals surface area contributed by atoms with E-state index in [4.69, 9.17) is 4.11 Å². The first kappa shape index (κ1) is 21.6. The third-order valence-electron chi connectivity index (χ3n) is 8.02. The zero-order chi connectivity index (χ0) is 30.0. The second-order valence-electron chi connectivity index (χ2n) is 10.8. The summed E-state index contributed by atoms with van der Waals surface area (Å²) >= 11 is 0. The summed E-state index contributed by atoms with van der Waals surface area (Å²) in [5, 5.41) is 12.7. The summed E-state index contributed by atoms with van der Waals surface area (Å²) in [5.41, 5.74) is 9.23. The van der Waals surface area contributed by atoms with E-state index in [0.717, 1.165) is 44.5 Å². The number of aryl methyl sites for hydroxylation is 3. The van der Waals surface area contributed by atoms with E-state index in [1.807, 2.05) is 37.3 Å². The van der Waals surface area contributed by atoms with Crippen molar-refractivity contribution in [2.24, 2.45) is 7.05 Å². The number of aromatic nitrogens is 1. The van der Waals surface area contributed by atoms with Crippen molar-refractivity contribution in [2.75, 3.05) is 0 Å². The van der Waals surface area contributed by atoms with Crippen molar-refractivity contribution in [3.8, 4) is 50.7 Å². The van der Waals surface area contributed by atoms with Gasteiger partial charge in [0.25, 0.3) is 0 Å². The van der Waals surface area contributed by atoms with Crippen LogP contribution < -0.4 is 14.9 Å². The highest BCUT2D eigenvalue weighted by atomic mass is 28.3. The molecule has 0 radical (unpaired) electrons. The lowest BCUT2D eigenvalue weighted by atomic mass is 9.91. The van der Waals surface area contributed by atoms with E-state index < -0.39 is 20.7 Å². The third kappa shape index (κ3) is 3.85. The Kier molecular flexibility index (Phi) is 5.06. The summed E-state index contributed by atoms with van der Waals surface area (Å²) in [5.74, 6) is -0.736. The molecule has 4 aromatic carbocycles. The minimum absolute atomic E-state index is 0.294. The Balaban J connectivity index is 1.61. The molecule has 0 aliphatic carbocycles. The van der Waals surface area contributed by atoms with Crippen LogP contribution in [-0.2, 0) is 7.05 Å². The Labute approximate surface area is 234 Å². The SMILES string of the molecule is [2H]C([2H])([2H])c1c[n+](C)c(-c2c(C)ccc3c2[Si](C)(C)c2c-3ccc(C#N)c2-c2cccc(-c3ccccc3)c2)cc1F. The third-order valence-corrected chi connectivity index (χ3v) is 11.6. The minimum Gasteiger partial charge on any atom is -0.206 e. The molecule has 1 aliphatic heterocycles. The fourth-order valence-corrected chi connectivity index (χ4v) is 10.1. The molecule has 1 aromatic heterocycles. The van der Waals surface area contributed by atoms with Crippen molar-refractivity contribution in [1.29, 1.82) is 5.26 Å². The molecule has 0 bridgehead atoms. The van der Waals surface area contributed by atoms with Crippen LogP contribution in [0.5, 0.6) is 0 Å². The van der Waals surface area contributed by atoms with Crippen molar-refractivity contribution in [3.63, 3.8) is 0 Å². The highest BCUT2D eigenvalue weighted by molar-refractivity contribution is 7.05. The number of rotatable bonds is 3. The van der Waals surface area contributed by atoms with E-state index in [0.29, 0.717) is 11.3 Å². The molecule has 2 nitrogen and oxygen atoms in total. The van der Waals surface area contributed by atoms with Gasteiger partial charge in [0, 0.05) is 21.3 Å². The minimum atomic E-state index is -2.55. The average molecular weight is 529 g/mol. The van der Waals surface area contributed by atoms with Crippen molar-refractivity contribution in [2.45, 2.75) is 26.9 Å². The van der Waals surface area contributed by atoms with Gasteiger partial charge >= 0.3 is 0 Å². The van der Waals surface area contributed by atoms with E-state index in [9.17, 15) is 5.26 Å². The van der Waals surface area contributed by atoms with Crippen LogP contribution in [0.25, 0.3) is 44.6 Å². The lowest BCUT2D eigenvalue weighted by Gasteiger charge is -2.25. The standard InChI is InChI=1S/C35H30FN2Si/c1-22-14-16-28-29-17-15-27(20-37)33(26-13-9-12-25(18-26)24-10-7-6-8-11-24)35(29)39(4,5)34(28)32(22)31-19-30(36)23(2)21-38(31)3/h6-19,21H,1-5H3/q+1/i2D3. The summed E-state index contributed by atoms with van der Waals surface area (Å²) in [6, 6.07) is 30.5. The number of halogens is 1. The highest BCUT2D eigenvalue weighted by Gasteiger charge is 2.43. The molecule has 4 heteroatoms. The number of fused-ring (bicyclic) bond motifs is 3. The van der Waals surface area contributed by atoms with Gasteiger partial charge < -0.3 is 0 Å². The van der Waals surface area contributed by atoms with Gasteiger partial charge in [0.15, 0.2) is 6.20 Å². The fraction of sp³-hybridized carbons (Fsp3) is 0.143. The predicted molar refractivity (Wildman–Crippen MR) is 160 cm³/mol. The van der Waals surface area contributed by atoms with Gasteiger partial charge in [0.05, 0.1) is 11.6 Å². The molecule has 6 rings (SSSR count). The molecule has 2 heterocycles. The summed E-state index contributed by atoms with van der Waals surface area (Å²) in [4.78, 5) is 0. The predicted octanol–water partition coefficient (Wildman–Crippen LogP) is 6.94. The molecule has 0 unspecified atom stereocenters. The van der Waals surface area contributed by atoms with Crippen LogP contribution in [0.4, 0.5) is 4.39 Å². The van der Waals surface area contributed by atoms with E-state index in [-0.39, 0.29) is 5.56 Å². The Morgan fingerprint density at radius 3 is 2.18 bits per heavy atom. The Morgan fingerprint density at radius 1 is 0.795 bits per heavy atom. The maximum Gasteiger partial charge on any atom is 0.215 e. The quantitative estimate of drug-likeness (QED) is 0.184. The molecule has 190 valence electrons. The average Bonchev–Trinajstić information content (AvgIpc) is 3.20. The zero-order valence-electron chi connectivity index (χ0n) is 25.4. The first-order valence-corrected chi connectivity index (χ1v) is 16.0. The molecule has 0 saturated heterocycles. The normalized spacial score (nSPS) is 14.5. The second kappa shape index (κ2) is 9.15. The lowest BCUT2D eigenvalue weighted by molar-refractivity contribution is -0.661. The molecule has 0 atom stereocenters. The van der Waals surface area contributed by atoms with Crippen molar-refractivity contribution in [3.05, 3.63) is 114 Å². The first-order chi connectivity index (χ1) is 19.9. The van der Waals surface area contributed by atoms with Crippen LogP contribution in [-0.4, -0.2) is 8.07 Å². The molecular formula is C35H30FN2Si+. The maximum absolute atomic E-state index is 15.3. The molecule has 0 fully saturated rings. The fourth-order valence-electron chi connectivity index (χ4n) is 6.26. The van der Waals surface area contributed by atoms with Gasteiger partial charge in [-0.2, -0.15) is 5.26 Å². The molecule has 0 amide bonds. The van der Waals surface area contributed by atoms with Crippen LogP contribution >= 0.6 is 0 Å². The number of benzene rings is 4. The van der Waals surface area contributed by atoms with Crippen LogP contribution in [0, 0.1) is 30.9 Å². The van der Waals surface area contributed by atoms with E-state index in [1.54, 1.807) is 11.6 Å². The molecular weight excluding hydrogens is 495 g/mol. The van der Waals surface area contributed by atoms with E-state index in [2.05, 4.69) is 67.7 Å². The number of hydrogen-bond acceptors (Lipinski definition) is 1. The molecule has 0 saturated carbocycles. The molecule has 39 heavy (non-hydrogen) atoms. The van der Waals surface area contributed by atoms with Crippen LogP contribution in [0.3, 0.4) is 0 Å². The second-order valence-corrected chi connectivity index (χ2v) is 15.1. The number of pyridine rings is 1. The van der Waals surface area contributed by atoms with Gasteiger partial charge in [-0.25, -0.2) is 8.96 Å². The number of nitrogens with zero attached hydrogens (tertiary/aromatic N) is 2. The van der Waals surface area contributed by atoms with Gasteiger partial charge in [-0.1, -0.05) is 79.8 Å². The van der Waals surface area contributed by atoms with Crippen LogP contribution in [0.15, 0.2) is 91.1 Å². The smallest absolute Gasteiger partial charge is 0.206 e. The van der Waals surface area contributed by atoms with Crippen LogP contribution in [0.1, 0.15) is 20.8 Å². The van der Waals surface area contributed by atoms with Gasteiger partial charge in [0.1, 0.15) is 20.9 Å². The van der Waals surface area contributed by atoms with Gasteiger partial charge in [0.2, 0.25) is 5.69 Å². The highest BCUT2D eigenvalue weighted by Crippen LogP contribution is 2.39. The summed E-state index contributed by atoms with van der Waals surface area (Å²) < 4.78 is 40.4. The van der Waals surface area contributed by atoms with Gasteiger partial charge in [-0.05, 0) is 75.2 Å². The molecule has 1 aliphatic rings. The van der Waals surface area contributed by atoms with Gasteiger partial charge in [-0.3, -0.25) is 0 Å². The van der Waals surface area contributed by atoms with Crippen molar-refractivity contribution < 1.29 is 13.1 Å². The van der Waals surface area contributed by atoms with Crippen molar-refractivity contribution in [1.82, 2.24) is 0 Å². The Hall–Kier alpha value is -4.33.